The molecule has 34 heavy (non-hydrogen) atoms. The number of aromatic nitrogens is 2. The number of nitrogen functional groups attached to an aromatic ring is 1. The maximum atomic E-state index is 13.3. The molecule has 0 aromatic carbocycles. The largest absolute Gasteiger partial charge is 0.438 e. The van der Waals surface area contributed by atoms with Gasteiger partial charge < -0.3 is 26.1 Å². The number of carbonyl (C=O) groups is 1. The Morgan fingerprint density at radius 2 is 1.91 bits per heavy atom. The number of nitrogens with one attached hydrogen (secondary N) is 1. The SMILES string of the molecule is Nc1oc2cc(C(F)(F)F)cnc2c1C(=O)Nc1cnccc1N1C[C@@H](N)C[C@@H](C(F)(F)F)C1. The fourth-order valence-electron chi connectivity index (χ4n) is 3.89. The van der Waals surface area contributed by atoms with E-state index in [1.165, 1.54) is 23.4 Å². The predicted octanol–water partition coefficient (Wildman–Crippen LogP) is 3.79. The van der Waals surface area contributed by atoms with Crippen molar-refractivity contribution >= 4 is 34.3 Å². The lowest BCUT2D eigenvalue weighted by atomic mass is 9.93. The second kappa shape index (κ2) is 8.34. The van der Waals surface area contributed by atoms with Gasteiger partial charge >= 0.3 is 12.4 Å². The highest BCUT2D eigenvalue weighted by Gasteiger charge is 2.44. The average molecular weight is 488 g/mol. The molecule has 182 valence electrons. The summed E-state index contributed by atoms with van der Waals surface area (Å²) in [5.74, 6) is -3.01. The predicted molar refractivity (Wildman–Crippen MR) is 110 cm³/mol. The highest BCUT2D eigenvalue weighted by atomic mass is 19.4. The van der Waals surface area contributed by atoms with Gasteiger partial charge in [0.2, 0.25) is 5.88 Å². The van der Waals surface area contributed by atoms with Gasteiger partial charge in [-0.3, -0.25) is 14.8 Å². The molecule has 1 aliphatic heterocycles. The first kappa shape index (κ1) is 23.6. The van der Waals surface area contributed by atoms with Crippen molar-refractivity contribution in [3.8, 4) is 0 Å². The molecule has 0 spiro atoms. The normalized spacial score (nSPS) is 19.4. The van der Waals surface area contributed by atoms with Gasteiger partial charge in [0.25, 0.3) is 5.91 Å². The van der Waals surface area contributed by atoms with Gasteiger partial charge in [-0.25, -0.2) is 0 Å². The van der Waals surface area contributed by atoms with Gasteiger partial charge in [-0.1, -0.05) is 0 Å². The van der Waals surface area contributed by atoms with Gasteiger partial charge in [-0.05, 0) is 18.6 Å². The lowest BCUT2D eigenvalue weighted by molar-refractivity contribution is -0.177. The molecular weight excluding hydrogens is 470 g/mol. The minimum absolute atomic E-state index is 0.0585. The van der Waals surface area contributed by atoms with Crippen LogP contribution >= 0.6 is 0 Å². The lowest BCUT2D eigenvalue weighted by Gasteiger charge is -2.39. The van der Waals surface area contributed by atoms with Gasteiger partial charge in [0.1, 0.15) is 11.1 Å². The molecule has 1 aliphatic rings. The third-order valence-electron chi connectivity index (χ3n) is 5.44. The Labute approximate surface area is 187 Å². The number of alkyl halides is 6. The maximum absolute atomic E-state index is 13.3. The second-order valence-corrected chi connectivity index (χ2v) is 7.90. The number of rotatable bonds is 3. The zero-order valence-corrected chi connectivity index (χ0v) is 17.2. The number of hydrogen-bond acceptors (Lipinski definition) is 7. The minimum atomic E-state index is -4.68. The molecule has 0 aliphatic carbocycles. The maximum Gasteiger partial charge on any atom is 0.418 e. The van der Waals surface area contributed by atoms with Crippen LogP contribution in [0.3, 0.4) is 0 Å². The van der Waals surface area contributed by atoms with Gasteiger partial charge in [0.05, 0.1) is 29.1 Å². The zero-order chi connectivity index (χ0) is 24.8. The molecule has 4 heterocycles. The Kier molecular flexibility index (Phi) is 5.79. The summed E-state index contributed by atoms with van der Waals surface area (Å²) >= 11 is 0. The van der Waals surface area contributed by atoms with E-state index in [0.29, 0.717) is 12.3 Å². The van der Waals surface area contributed by atoms with Gasteiger partial charge in [-0.2, -0.15) is 26.3 Å². The monoisotopic (exact) mass is 488 g/mol. The van der Waals surface area contributed by atoms with Crippen molar-refractivity contribution < 1.29 is 35.6 Å². The van der Waals surface area contributed by atoms with E-state index < -0.39 is 41.7 Å². The van der Waals surface area contributed by atoms with E-state index in [9.17, 15) is 31.1 Å². The summed E-state index contributed by atoms with van der Waals surface area (Å²) in [4.78, 5) is 21.9. The zero-order valence-electron chi connectivity index (χ0n) is 17.2. The van der Waals surface area contributed by atoms with Crippen molar-refractivity contribution in [1.29, 1.82) is 0 Å². The summed E-state index contributed by atoms with van der Waals surface area (Å²) in [5.41, 5.74) is 9.90. The molecule has 0 bridgehead atoms. The molecule has 8 nitrogen and oxygen atoms in total. The molecule has 3 aromatic heterocycles. The van der Waals surface area contributed by atoms with Gasteiger partial charge in [-0.15, -0.1) is 0 Å². The van der Waals surface area contributed by atoms with Gasteiger partial charge in [0, 0.05) is 31.5 Å². The number of nitrogens with zero attached hydrogens (tertiary/aromatic N) is 3. The van der Waals surface area contributed by atoms with E-state index in [1.807, 2.05) is 0 Å². The number of halogens is 6. The summed E-state index contributed by atoms with van der Waals surface area (Å²) in [6.45, 7) is -0.263. The fraction of sp³-hybridized carbons (Fsp3) is 0.350. The Morgan fingerprint density at radius 3 is 2.59 bits per heavy atom. The molecule has 1 fully saturated rings. The summed E-state index contributed by atoms with van der Waals surface area (Å²) < 4.78 is 83.9. The lowest BCUT2D eigenvalue weighted by Crippen LogP contribution is -2.51. The number of furan rings is 1. The Balaban J connectivity index is 1.64. The number of fused-ring (bicyclic) bond motifs is 1. The number of hydrogen-bond donors (Lipinski definition) is 3. The second-order valence-electron chi connectivity index (χ2n) is 7.90. The van der Waals surface area contributed by atoms with E-state index in [0.717, 1.165) is 0 Å². The summed E-state index contributed by atoms with van der Waals surface area (Å²) in [5, 5.41) is 2.49. The van der Waals surface area contributed by atoms with E-state index in [4.69, 9.17) is 15.9 Å². The summed E-state index contributed by atoms with van der Waals surface area (Å²) in [6, 6.07) is 1.33. The molecule has 3 aromatic rings. The first-order valence-corrected chi connectivity index (χ1v) is 9.92. The van der Waals surface area contributed by atoms with E-state index in [-0.39, 0.29) is 47.5 Å². The van der Waals surface area contributed by atoms with Crippen LogP contribution in [0.4, 0.5) is 43.6 Å². The van der Waals surface area contributed by atoms with Crippen LogP contribution in [0.15, 0.2) is 35.1 Å². The molecule has 1 saturated heterocycles. The topological polar surface area (TPSA) is 123 Å². The third kappa shape index (κ3) is 4.58. The molecule has 5 N–H and O–H groups in total. The van der Waals surface area contributed by atoms with Crippen LogP contribution in [0.5, 0.6) is 0 Å². The van der Waals surface area contributed by atoms with E-state index in [1.54, 1.807) is 0 Å². The molecule has 0 radical (unpaired) electrons. The Morgan fingerprint density at radius 1 is 1.18 bits per heavy atom. The van der Waals surface area contributed by atoms with Crippen LogP contribution < -0.4 is 21.7 Å². The molecule has 0 saturated carbocycles. The van der Waals surface area contributed by atoms with Crippen molar-refractivity contribution in [3.63, 3.8) is 0 Å². The minimum Gasteiger partial charge on any atom is -0.438 e. The molecule has 4 rings (SSSR count). The number of pyridine rings is 2. The Hall–Kier alpha value is -3.55. The third-order valence-corrected chi connectivity index (χ3v) is 5.44. The highest BCUT2D eigenvalue weighted by Crippen LogP contribution is 2.37. The quantitative estimate of drug-likeness (QED) is 0.480. The number of amides is 1. The fourth-order valence-corrected chi connectivity index (χ4v) is 3.89. The van der Waals surface area contributed by atoms with Crippen molar-refractivity contribution in [1.82, 2.24) is 9.97 Å². The van der Waals surface area contributed by atoms with E-state index >= 15 is 0 Å². The number of piperidine rings is 1. The van der Waals surface area contributed by atoms with Crippen molar-refractivity contribution in [3.05, 3.63) is 41.9 Å². The van der Waals surface area contributed by atoms with Crippen molar-refractivity contribution in [2.24, 2.45) is 11.7 Å². The summed E-state index contributed by atoms with van der Waals surface area (Å²) in [6.07, 6.45) is -6.25. The molecule has 0 unspecified atom stereocenters. The van der Waals surface area contributed by atoms with Crippen LogP contribution in [0.1, 0.15) is 22.3 Å². The average Bonchev–Trinajstić information content (AvgIpc) is 3.07. The Bertz CT molecular complexity index is 1220. The first-order chi connectivity index (χ1) is 15.8. The molecule has 1 amide bonds. The first-order valence-electron chi connectivity index (χ1n) is 9.92. The number of nitrogens with two attached hydrogens (primary N) is 2. The van der Waals surface area contributed by atoms with Crippen molar-refractivity contribution in [2.75, 3.05) is 29.0 Å². The van der Waals surface area contributed by atoms with E-state index in [2.05, 4.69) is 15.3 Å². The number of carbonyl (C=O) groups excluding carboxylic acids is 1. The molecule has 2 atom stereocenters. The molecule has 14 heteroatoms. The molecular formula is C20H18F6N6O2. The smallest absolute Gasteiger partial charge is 0.418 e. The van der Waals surface area contributed by atoms with Gasteiger partial charge in [0.15, 0.2) is 5.58 Å². The van der Waals surface area contributed by atoms with Crippen LogP contribution in [0.25, 0.3) is 11.1 Å². The van der Waals surface area contributed by atoms with Crippen LogP contribution in [0, 0.1) is 5.92 Å². The highest BCUT2D eigenvalue weighted by molar-refractivity contribution is 6.15. The number of anilines is 3. The van der Waals surface area contributed by atoms with Crippen LogP contribution in [0.2, 0.25) is 0 Å². The van der Waals surface area contributed by atoms with Crippen molar-refractivity contribution in [2.45, 2.75) is 24.8 Å². The standard InChI is InChI=1S/C20H18F6N6O2/c21-19(22,23)9-4-14-16(30-5-9)15(17(28)34-14)18(33)31-12-6-29-2-1-13(12)32-7-10(20(24,25)26)3-11(27)8-32/h1-2,4-6,10-11H,3,7-8,27-28H2,(H,31,33)/t10-,11+/m1/s1. The summed E-state index contributed by atoms with van der Waals surface area (Å²) in [7, 11) is 0. The van der Waals surface area contributed by atoms with Crippen LogP contribution in [-0.2, 0) is 6.18 Å². The van der Waals surface area contributed by atoms with Crippen LogP contribution in [-0.4, -0.2) is 41.2 Å².